The maximum Gasteiger partial charge on any atom is 0.134 e. The van der Waals surface area contributed by atoms with E-state index in [4.69, 9.17) is 1.37 Å². The molecule has 0 amide bonds. The molecular formula is CH5BPV. The first kappa shape index (κ1) is 5.08. The normalized spacial score (nSPS) is 6.75. The van der Waals surface area contributed by atoms with Gasteiger partial charge in [0, 0.05) is 19.9 Å². The predicted octanol–water partition coefficient (Wildman–Crippen LogP) is 0.526. The molecule has 0 rings (SSSR count). The third-order valence-corrected chi connectivity index (χ3v) is 0. The molecule has 0 aliphatic carbocycles. The molecule has 0 saturated heterocycles. The third kappa shape index (κ3) is 11.4. The largest absolute Gasteiger partial charge is 0.178 e. The number of hydrogen-bond donors (Lipinski definition) is 0. The van der Waals surface area contributed by atoms with Gasteiger partial charge in [-0.15, -0.1) is 0 Å². The van der Waals surface area contributed by atoms with Crippen molar-refractivity contribution in [1.82, 2.24) is 0 Å². The van der Waals surface area contributed by atoms with Crippen LogP contribution in [0.4, 0.5) is 0 Å². The fraction of sp³-hybridized carbons (Fsp3) is 1.00. The molecule has 0 bridgehead atoms. The number of hydrogen-bond acceptors (Lipinski definition) is 0. The average molecular weight is 111 g/mol. The summed E-state index contributed by atoms with van der Waals surface area (Å²) in [5, 5.41) is 0. The molecular weight excluding hydrogens is 105 g/mol. The zero-order chi connectivity index (χ0) is 3.41. The average Bonchev–Trinajstić information content (AvgIpc) is 1.37. The van der Waals surface area contributed by atoms with E-state index in [-0.39, 0.29) is 18.6 Å². The van der Waals surface area contributed by atoms with Crippen LogP contribution < -0.4 is 0 Å². The Labute approximate surface area is 43.4 Å². The predicted molar refractivity (Wildman–Crippen MR) is 21.3 cm³/mol. The molecule has 22 valence electrons. The summed E-state index contributed by atoms with van der Waals surface area (Å²) >= 11 is 0. The Morgan fingerprint density at radius 3 is 2.50 bits per heavy atom. The van der Waals surface area contributed by atoms with E-state index in [1.54, 1.807) is 7.00 Å². The molecule has 0 fully saturated rings. The Morgan fingerprint density at radius 1 is 2.25 bits per heavy atom. The van der Waals surface area contributed by atoms with Crippen molar-refractivity contribution in [3.8, 4) is 0 Å². The van der Waals surface area contributed by atoms with Crippen LogP contribution in [0.3, 0.4) is 0 Å². The summed E-state index contributed by atoms with van der Waals surface area (Å²) in [6.07, 6.45) is 0. The van der Waals surface area contributed by atoms with Crippen LogP contribution in [0, 0.1) is 0 Å². The second-order valence-corrected chi connectivity index (χ2v) is 0.707. The Bertz CT molecular complexity index is 13.6. The van der Waals surface area contributed by atoms with Crippen molar-refractivity contribution in [1.29, 1.82) is 0 Å². The van der Waals surface area contributed by atoms with Gasteiger partial charge >= 0.3 is 0 Å². The molecule has 0 heterocycles. The van der Waals surface area contributed by atoms with Gasteiger partial charge in [-0.3, -0.25) is 0 Å². The summed E-state index contributed by atoms with van der Waals surface area (Å²) in [6, 6.07) is 0. The fourth-order valence-electron chi connectivity index (χ4n) is 0. The van der Waals surface area contributed by atoms with E-state index in [1.807, 2.05) is 0 Å². The Kier molecular flexibility index (Phi) is 11.4. The van der Waals surface area contributed by atoms with Crippen LogP contribution >= 0.6 is 9.12 Å². The van der Waals surface area contributed by atoms with E-state index < -0.39 is 0 Å². The van der Waals surface area contributed by atoms with Crippen LogP contribution in [0.15, 0.2) is 0 Å². The van der Waals surface area contributed by atoms with Crippen LogP contribution in [0.1, 0.15) is 1.37 Å². The third-order valence-electron chi connectivity index (χ3n) is 0. The molecule has 0 nitrogen and oxygen atoms in total. The quantitative estimate of drug-likeness (QED) is 0.315. The van der Waals surface area contributed by atoms with Crippen LogP contribution in [-0.2, 0) is 18.6 Å². The van der Waals surface area contributed by atoms with Crippen LogP contribution in [-0.4, -0.2) is 7.00 Å². The van der Waals surface area contributed by atoms with Crippen LogP contribution in [0.5, 0.6) is 0 Å². The monoisotopic (exact) mass is 111 g/mol. The molecule has 3 heteroatoms. The van der Waals surface area contributed by atoms with Gasteiger partial charge in [-0.25, -0.2) is 0 Å². The summed E-state index contributed by atoms with van der Waals surface area (Å²) in [5.41, 5.74) is 0. The van der Waals surface area contributed by atoms with Gasteiger partial charge < -0.3 is 0 Å². The summed E-state index contributed by atoms with van der Waals surface area (Å²) in [7, 11) is 2.34. The molecule has 0 spiro atoms. The topological polar surface area (TPSA) is 0 Å². The second kappa shape index (κ2) is 8.95. The van der Waals surface area contributed by atoms with Crippen LogP contribution in [0.25, 0.3) is 0 Å². The first-order valence-corrected chi connectivity index (χ1v) is 1.41. The van der Waals surface area contributed by atoms with Crippen molar-refractivity contribution in [2.24, 2.45) is 0 Å². The zero-order valence-corrected chi connectivity index (χ0v) is 4.86. The molecule has 0 N–H and O–H groups in total. The Balaban J connectivity index is 0. The van der Waals surface area contributed by atoms with Gasteiger partial charge in [-0.2, -0.15) is 9.12 Å². The van der Waals surface area contributed by atoms with Crippen molar-refractivity contribution in [3.63, 3.8) is 0 Å². The summed E-state index contributed by atoms with van der Waals surface area (Å²) in [6.45, 7) is 2.12. The second-order valence-electron chi connectivity index (χ2n) is 0.236. The first-order chi connectivity index (χ1) is 1.91. The molecule has 0 aromatic rings. The molecule has 1 unspecified atom stereocenters. The maximum absolute atomic E-state index is 6.38. The maximum atomic E-state index is 6.38. The van der Waals surface area contributed by atoms with Crippen molar-refractivity contribution in [2.75, 3.05) is 0 Å². The van der Waals surface area contributed by atoms with Gasteiger partial charge in [0.2, 0.25) is 0 Å². The summed E-state index contributed by atoms with van der Waals surface area (Å²) in [4.78, 5) is 0. The molecule has 1 atom stereocenters. The van der Waals surface area contributed by atoms with E-state index in [0.29, 0.717) is 6.80 Å². The Hall–Kier alpha value is 1.08. The van der Waals surface area contributed by atoms with Gasteiger partial charge in [-0.05, 0) is 0 Å². The molecule has 0 aromatic carbocycles. The van der Waals surface area contributed by atoms with Gasteiger partial charge in [0.25, 0.3) is 0 Å². The minimum Gasteiger partial charge on any atom is -0.178 e. The van der Waals surface area contributed by atoms with E-state index >= 15 is 0 Å². The fourth-order valence-corrected chi connectivity index (χ4v) is 0. The molecule has 0 aliphatic heterocycles. The number of rotatable bonds is 0. The van der Waals surface area contributed by atoms with E-state index in [1.165, 1.54) is 0 Å². The van der Waals surface area contributed by atoms with Gasteiger partial charge in [-0.1, -0.05) is 6.80 Å². The van der Waals surface area contributed by atoms with Crippen molar-refractivity contribution < 1.29 is 19.9 Å². The summed E-state index contributed by atoms with van der Waals surface area (Å²) in [5.74, 6) is 0. The Morgan fingerprint density at radius 2 is 2.50 bits per heavy atom. The standard InChI is InChI=1S/CH5BP.V/c1-2-3;/h3H2,1H3;/i1D;. The minimum absolute atomic E-state index is 0. The molecule has 0 saturated carbocycles. The SMILES string of the molecule is [2H]C[B]P.[V]. The molecule has 4 heavy (non-hydrogen) atoms. The van der Waals surface area contributed by atoms with Gasteiger partial charge in [0.15, 0.2) is 0 Å². The minimum atomic E-state index is 0. The smallest absolute Gasteiger partial charge is 0.134 e. The van der Waals surface area contributed by atoms with Gasteiger partial charge in [0.1, 0.15) is 7.00 Å². The van der Waals surface area contributed by atoms with Crippen molar-refractivity contribution in [2.45, 2.75) is 6.80 Å². The zero-order valence-electron chi connectivity index (χ0n) is 3.31. The van der Waals surface area contributed by atoms with Crippen LogP contribution in [0.2, 0.25) is 6.80 Å². The molecule has 0 aliphatic rings. The molecule has 2 radical (unpaired) electrons. The van der Waals surface area contributed by atoms with Crippen molar-refractivity contribution in [3.05, 3.63) is 0 Å². The van der Waals surface area contributed by atoms with Gasteiger partial charge in [0.05, 0.1) is 0 Å². The van der Waals surface area contributed by atoms with E-state index in [2.05, 4.69) is 9.12 Å². The molecule has 0 aromatic heterocycles. The van der Waals surface area contributed by atoms with E-state index in [0.717, 1.165) is 0 Å². The summed E-state index contributed by atoms with van der Waals surface area (Å²) < 4.78 is 6.38. The first-order valence-electron chi connectivity index (χ1n) is 1.45. The van der Waals surface area contributed by atoms with Crippen molar-refractivity contribution >= 4 is 16.1 Å². The van der Waals surface area contributed by atoms with E-state index in [9.17, 15) is 0 Å².